The summed E-state index contributed by atoms with van der Waals surface area (Å²) >= 11 is 0. The molecular weight excluding hydrogens is 428 g/mol. The summed E-state index contributed by atoms with van der Waals surface area (Å²) < 4.78 is 77.0. The van der Waals surface area contributed by atoms with Crippen molar-refractivity contribution in [3.05, 3.63) is 24.3 Å². The number of primary sulfonamides is 1. The highest BCUT2D eigenvalue weighted by Gasteiger charge is 2.34. The molecule has 0 aliphatic carbocycles. The highest BCUT2D eigenvalue weighted by Crippen LogP contribution is 2.21. The van der Waals surface area contributed by atoms with Crippen LogP contribution in [0.1, 0.15) is 19.8 Å². The molecular formula is C15H26N4O6S3. The van der Waals surface area contributed by atoms with E-state index in [1.807, 2.05) is 6.92 Å². The molecule has 28 heavy (non-hydrogen) atoms. The lowest BCUT2D eigenvalue weighted by Crippen LogP contribution is -2.53. The minimum atomic E-state index is -3.92. The van der Waals surface area contributed by atoms with Crippen LogP contribution in [-0.4, -0.2) is 77.9 Å². The zero-order valence-corrected chi connectivity index (χ0v) is 18.3. The largest absolute Gasteiger partial charge is 0.281 e. The molecule has 1 aliphatic rings. The number of benzene rings is 1. The van der Waals surface area contributed by atoms with Crippen molar-refractivity contribution in [2.75, 3.05) is 39.8 Å². The van der Waals surface area contributed by atoms with Gasteiger partial charge in [0.2, 0.25) is 20.0 Å². The Morgan fingerprint density at radius 3 is 1.82 bits per heavy atom. The van der Waals surface area contributed by atoms with Gasteiger partial charge in [-0.25, -0.2) is 22.0 Å². The number of nitrogens with two attached hydrogens (primary N) is 1. The predicted octanol–water partition coefficient (Wildman–Crippen LogP) is -0.383. The molecule has 0 spiro atoms. The predicted molar refractivity (Wildman–Crippen MR) is 105 cm³/mol. The van der Waals surface area contributed by atoms with Gasteiger partial charge in [-0.15, -0.1) is 0 Å². The van der Waals surface area contributed by atoms with Gasteiger partial charge >= 0.3 is 0 Å². The van der Waals surface area contributed by atoms with Crippen molar-refractivity contribution in [2.24, 2.45) is 5.14 Å². The smallest absolute Gasteiger partial charge is 0.225 e. The van der Waals surface area contributed by atoms with Crippen LogP contribution in [0.15, 0.2) is 34.1 Å². The molecule has 0 saturated carbocycles. The molecule has 2 N–H and O–H groups in total. The lowest BCUT2D eigenvalue weighted by Gasteiger charge is -2.35. The monoisotopic (exact) mass is 454 g/mol. The fourth-order valence-corrected chi connectivity index (χ4v) is 6.10. The summed E-state index contributed by atoms with van der Waals surface area (Å²) in [6.45, 7) is 2.51. The topological polar surface area (TPSA) is 138 Å². The van der Waals surface area contributed by atoms with E-state index < -0.39 is 30.3 Å². The van der Waals surface area contributed by atoms with Crippen LogP contribution in [0.25, 0.3) is 0 Å². The molecule has 0 unspecified atom stereocenters. The lowest BCUT2D eigenvalue weighted by atomic mass is 10.3. The van der Waals surface area contributed by atoms with Crippen LogP contribution in [0.4, 0.5) is 0 Å². The number of nitrogens with zero attached hydrogens (tertiary/aromatic N) is 3. The van der Waals surface area contributed by atoms with E-state index in [0.29, 0.717) is 6.54 Å². The van der Waals surface area contributed by atoms with Crippen molar-refractivity contribution >= 4 is 30.3 Å². The second-order valence-electron chi connectivity index (χ2n) is 6.50. The van der Waals surface area contributed by atoms with E-state index in [0.717, 1.165) is 25.0 Å². The van der Waals surface area contributed by atoms with E-state index >= 15 is 0 Å². The average Bonchev–Trinajstić information content (AvgIpc) is 2.65. The molecule has 2 rings (SSSR count). The molecule has 1 aromatic rings. The molecule has 1 saturated heterocycles. The number of piperazine rings is 1. The van der Waals surface area contributed by atoms with Crippen LogP contribution >= 0.6 is 0 Å². The standard InChI is InChI=1S/C15H26N4O6S3/c1-3-4-9-17(2)28(24,25)19-12-10-18(11-13-19)27(22,23)15-7-5-14(6-8-15)26(16,20)21/h5-8H,3-4,9-13H2,1-2H3,(H2,16,20,21). The van der Waals surface area contributed by atoms with Crippen molar-refractivity contribution in [1.82, 2.24) is 12.9 Å². The molecule has 0 radical (unpaired) electrons. The van der Waals surface area contributed by atoms with Crippen molar-refractivity contribution in [3.63, 3.8) is 0 Å². The van der Waals surface area contributed by atoms with Gasteiger partial charge in [0.15, 0.2) is 0 Å². The van der Waals surface area contributed by atoms with Crippen LogP contribution in [0.5, 0.6) is 0 Å². The SMILES string of the molecule is CCCCN(C)S(=O)(=O)N1CCN(S(=O)(=O)c2ccc(S(N)(=O)=O)cc2)CC1. The average molecular weight is 455 g/mol. The van der Waals surface area contributed by atoms with Gasteiger partial charge in [0.05, 0.1) is 9.79 Å². The molecule has 0 amide bonds. The van der Waals surface area contributed by atoms with E-state index in [9.17, 15) is 25.3 Å². The van der Waals surface area contributed by atoms with Gasteiger partial charge in [-0.05, 0) is 30.7 Å². The molecule has 1 aliphatic heterocycles. The first-order valence-electron chi connectivity index (χ1n) is 8.75. The molecule has 0 bridgehead atoms. The minimum absolute atomic E-state index is 0.0140. The Kier molecular flexibility index (Phi) is 7.23. The first-order chi connectivity index (χ1) is 12.9. The normalized spacial score (nSPS) is 17.9. The minimum Gasteiger partial charge on any atom is -0.225 e. The Labute approximate surface area is 167 Å². The van der Waals surface area contributed by atoms with Crippen molar-refractivity contribution in [1.29, 1.82) is 0 Å². The zero-order chi connectivity index (χ0) is 21.2. The van der Waals surface area contributed by atoms with Crippen LogP contribution in [0.2, 0.25) is 0 Å². The molecule has 0 atom stereocenters. The molecule has 1 heterocycles. The second-order valence-corrected chi connectivity index (χ2v) is 12.0. The van der Waals surface area contributed by atoms with Gasteiger partial charge in [-0.3, -0.25) is 0 Å². The Morgan fingerprint density at radius 1 is 0.893 bits per heavy atom. The van der Waals surface area contributed by atoms with E-state index in [1.54, 1.807) is 0 Å². The second kappa shape index (κ2) is 8.73. The number of sulfonamides is 2. The third kappa shape index (κ3) is 5.09. The van der Waals surface area contributed by atoms with Gasteiger partial charge in [-0.1, -0.05) is 13.3 Å². The van der Waals surface area contributed by atoms with Gasteiger partial charge in [0.1, 0.15) is 0 Å². The molecule has 160 valence electrons. The van der Waals surface area contributed by atoms with Crippen LogP contribution in [0, 0.1) is 0 Å². The van der Waals surface area contributed by atoms with Crippen molar-refractivity contribution in [2.45, 2.75) is 29.6 Å². The zero-order valence-electron chi connectivity index (χ0n) is 15.9. The van der Waals surface area contributed by atoms with Gasteiger partial charge < -0.3 is 0 Å². The number of hydrogen-bond acceptors (Lipinski definition) is 6. The third-order valence-electron chi connectivity index (χ3n) is 4.53. The maximum absolute atomic E-state index is 12.7. The maximum Gasteiger partial charge on any atom is 0.281 e. The molecule has 0 aromatic heterocycles. The molecule has 1 aromatic carbocycles. The lowest BCUT2D eigenvalue weighted by molar-refractivity contribution is 0.258. The Balaban J connectivity index is 2.09. The van der Waals surface area contributed by atoms with Crippen LogP contribution in [0.3, 0.4) is 0 Å². The highest BCUT2D eigenvalue weighted by molar-refractivity contribution is 7.89. The maximum atomic E-state index is 12.7. The number of rotatable bonds is 8. The van der Waals surface area contributed by atoms with E-state index in [2.05, 4.69) is 0 Å². The summed E-state index contributed by atoms with van der Waals surface area (Å²) in [4.78, 5) is -0.256. The van der Waals surface area contributed by atoms with E-state index in [-0.39, 0.29) is 36.0 Å². The van der Waals surface area contributed by atoms with Gasteiger partial charge in [0.25, 0.3) is 10.2 Å². The van der Waals surface area contributed by atoms with Gasteiger partial charge in [0, 0.05) is 39.8 Å². The summed E-state index contributed by atoms with van der Waals surface area (Å²) in [6, 6.07) is 4.62. The first kappa shape index (κ1) is 23.2. The first-order valence-corrected chi connectivity index (χ1v) is 13.1. The molecule has 13 heteroatoms. The third-order valence-corrected chi connectivity index (χ3v) is 9.36. The fraction of sp³-hybridized carbons (Fsp3) is 0.600. The summed E-state index contributed by atoms with van der Waals surface area (Å²) in [7, 11) is -9.89. The molecule has 10 nitrogen and oxygen atoms in total. The van der Waals surface area contributed by atoms with E-state index in [1.165, 1.54) is 32.1 Å². The van der Waals surface area contributed by atoms with E-state index in [4.69, 9.17) is 5.14 Å². The Morgan fingerprint density at radius 2 is 1.36 bits per heavy atom. The summed E-state index contributed by atoms with van der Waals surface area (Å²) in [5.74, 6) is 0. The summed E-state index contributed by atoms with van der Waals surface area (Å²) in [6.07, 6.45) is 1.62. The van der Waals surface area contributed by atoms with Crippen LogP contribution in [-0.2, 0) is 30.3 Å². The number of unbranched alkanes of at least 4 members (excludes halogenated alkanes) is 1. The van der Waals surface area contributed by atoms with Crippen molar-refractivity contribution in [3.8, 4) is 0 Å². The number of hydrogen-bond donors (Lipinski definition) is 1. The van der Waals surface area contributed by atoms with Crippen LogP contribution < -0.4 is 5.14 Å². The Hall–Kier alpha value is -1.09. The fourth-order valence-electron chi connectivity index (χ4n) is 2.78. The van der Waals surface area contributed by atoms with Crippen molar-refractivity contribution < 1.29 is 25.3 Å². The summed E-state index contributed by atoms with van der Waals surface area (Å²) in [5.41, 5.74) is 0. The Bertz CT molecular complexity index is 983. The van der Waals surface area contributed by atoms with Gasteiger partial charge in [-0.2, -0.15) is 21.3 Å². The quantitative estimate of drug-likeness (QED) is 0.568. The molecule has 1 fully saturated rings. The highest BCUT2D eigenvalue weighted by atomic mass is 32.2. The summed E-state index contributed by atoms with van der Waals surface area (Å²) in [5, 5.41) is 5.02.